The summed E-state index contributed by atoms with van der Waals surface area (Å²) in [5.74, 6) is 1.46. The minimum Gasteiger partial charge on any atom is -0.274 e. The van der Waals surface area contributed by atoms with Gasteiger partial charge in [-0.1, -0.05) is 6.92 Å². The zero-order valence-electron chi connectivity index (χ0n) is 7.16. The summed E-state index contributed by atoms with van der Waals surface area (Å²) in [5.41, 5.74) is 5.85. The van der Waals surface area contributed by atoms with Crippen LogP contribution in [0.3, 0.4) is 0 Å². The fourth-order valence-corrected chi connectivity index (χ4v) is 1.27. The minimum absolute atomic E-state index is 0.533. The molecule has 0 bridgehead atoms. The molecule has 0 aliphatic carbocycles. The van der Waals surface area contributed by atoms with Gasteiger partial charge in [-0.2, -0.15) is 9.78 Å². The van der Waals surface area contributed by atoms with Crippen molar-refractivity contribution in [3.05, 3.63) is 4.77 Å². The lowest BCUT2D eigenvalue weighted by molar-refractivity contribution is 0.877. The predicted octanol–water partition coefficient (Wildman–Crippen LogP) is 1.02. The number of hydrogen-bond donors (Lipinski definition) is 3. The maximum absolute atomic E-state index is 5.00. The van der Waals surface area contributed by atoms with Crippen LogP contribution in [0.1, 0.15) is 19.8 Å². The van der Waals surface area contributed by atoms with E-state index in [1.54, 1.807) is 4.68 Å². The Bertz CT molecular complexity index is 388. The Morgan fingerprint density at radius 1 is 1.54 bits per heavy atom. The molecule has 2 rings (SSSR count). The summed E-state index contributed by atoms with van der Waals surface area (Å²) in [6.07, 6.45) is 1.92. The molecule has 70 valence electrons. The number of H-pyrrole nitrogens is 1. The summed E-state index contributed by atoms with van der Waals surface area (Å²) < 4.78 is 2.19. The summed E-state index contributed by atoms with van der Waals surface area (Å²) in [7, 11) is 0. The van der Waals surface area contributed by atoms with Crippen molar-refractivity contribution in [1.29, 1.82) is 0 Å². The predicted molar refractivity (Wildman–Crippen MR) is 52.7 cm³/mol. The Morgan fingerprint density at radius 2 is 2.38 bits per heavy atom. The van der Waals surface area contributed by atoms with Crippen molar-refractivity contribution in [2.24, 2.45) is 5.10 Å². The SMILES string of the molecule is CCCC1=NNc2n[nH]c(=S)n2N1. The highest BCUT2D eigenvalue weighted by Gasteiger charge is 2.11. The van der Waals surface area contributed by atoms with Gasteiger partial charge >= 0.3 is 0 Å². The maximum atomic E-state index is 5.00. The van der Waals surface area contributed by atoms with Crippen molar-refractivity contribution < 1.29 is 0 Å². The van der Waals surface area contributed by atoms with Gasteiger partial charge in [0.25, 0.3) is 5.95 Å². The van der Waals surface area contributed by atoms with Crippen LogP contribution in [0.2, 0.25) is 0 Å². The van der Waals surface area contributed by atoms with Crippen molar-refractivity contribution in [3.8, 4) is 0 Å². The second kappa shape index (κ2) is 3.17. The molecule has 0 aromatic carbocycles. The number of hydrazone groups is 1. The molecular formula is C6H10N6S. The van der Waals surface area contributed by atoms with Crippen LogP contribution < -0.4 is 10.9 Å². The van der Waals surface area contributed by atoms with Crippen molar-refractivity contribution in [3.63, 3.8) is 0 Å². The Kier molecular flexibility index (Phi) is 2.01. The summed E-state index contributed by atoms with van der Waals surface area (Å²) in [4.78, 5) is 0. The quantitative estimate of drug-likeness (QED) is 0.621. The molecule has 0 radical (unpaired) electrons. The van der Waals surface area contributed by atoms with Crippen LogP contribution in [0.25, 0.3) is 0 Å². The third-order valence-corrected chi connectivity index (χ3v) is 1.96. The summed E-state index contributed by atoms with van der Waals surface area (Å²) >= 11 is 5.00. The first kappa shape index (κ1) is 8.24. The van der Waals surface area contributed by atoms with Crippen LogP contribution in [0.15, 0.2) is 5.10 Å². The molecule has 0 fully saturated rings. The first-order valence-corrected chi connectivity index (χ1v) is 4.49. The number of fused-ring (bicyclic) bond motifs is 1. The first-order valence-electron chi connectivity index (χ1n) is 4.08. The van der Waals surface area contributed by atoms with E-state index < -0.39 is 0 Å². The van der Waals surface area contributed by atoms with Gasteiger partial charge < -0.3 is 0 Å². The summed E-state index contributed by atoms with van der Waals surface area (Å²) in [6, 6.07) is 0. The van der Waals surface area contributed by atoms with Crippen molar-refractivity contribution in [2.75, 3.05) is 10.9 Å². The highest BCUT2D eigenvalue weighted by atomic mass is 32.1. The average Bonchev–Trinajstić information content (AvgIpc) is 2.49. The van der Waals surface area contributed by atoms with E-state index in [0.29, 0.717) is 10.7 Å². The minimum atomic E-state index is 0.533. The molecule has 0 saturated heterocycles. The van der Waals surface area contributed by atoms with Crippen molar-refractivity contribution in [1.82, 2.24) is 14.9 Å². The highest BCUT2D eigenvalue weighted by molar-refractivity contribution is 7.71. The van der Waals surface area contributed by atoms with Gasteiger partial charge in [0.2, 0.25) is 4.77 Å². The van der Waals surface area contributed by atoms with Gasteiger partial charge in [0.15, 0.2) is 0 Å². The zero-order chi connectivity index (χ0) is 9.26. The smallest absolute Gasteiger partial charge is 0.262 e. The second-order valence-corrected chi connectivity index (χ2v) is 3.11. The standard InChI is InChI=1S/C6H10N6S/c1-2-3-4-7-8-5-9-10-6(13)12(5)11-4/h2-3H2,1H3,(H,7,11)(H,8,9)(H,10,13). The molecular weight excluding hydrogens is 188 g/mol. The lowest BCUT2D eigenvalue weighted by Gasteiger charge is -2.15. The fraction of sp³-hybridized carbons (Fsp3) is 0.500. The first-order chi connectivity index (χ1) is 6.31. The Balaban J connectivity index is 2.25. The van der Waals surface area contributed by atoms with Gasteiger partial charge in [0.1, 0.15) is 5.84 Å². The molecule has 0 spiro atoms. The molecule has 3 N–H and O–H groups in total. The molecule has 0 unspecified atom stereocenters. The number of nitrogens with one attached hydrogen (secondary N) is 3. The molecule has 7 heteroatoms. The van der Waals surface area contributed by atoms with Crippen LogP contribution >= 0.6 is 12.2 Å². The number of hydrogen-bond acceptors (Lipinski definition) is 5. The van der Waals surface area contributed by atoms with Crippen LogP contribution in [0.5, 0.6) is 0 Å². The van der Waals surface area contributed by atoms with E-state index in [1.807, 2.05) is 0 Å². The molecule has 1 aliphatic heterocycles. The number of aromatic nitrogens is 3. The summed E-state index contributed by atoms with van der Waals surface area (Å²) in [6.45, 7) is 2.09. The van der Waals surface area contributed by atoms with E-state index in [4.69, 9.17) is 12.2 Å². The maximum Gasteiger partial charge on any atom is 0.262 e. The largest absolute Gasteiger partial charge is 0.274 e. The fourth-order valence-electron chi connectivity index (χ4n) is 1.10. The van der Waals surface area contributed by atoms with Crippen LogP contribution in [-0.4, -0.2) is 20.7 Å². The average molecular weight is 198 g/mol. The van der Waals surface area contributed by atoms with E-state index in [0.717, 1.165) is 18.7 Å². The van der Waals surface area contributed by atoms with Crippen LogP contribution in [0.4, 0.5) is 5.95 Å². The van der Waals surface area contributed by atoms with E-state index in [-0.39, 0.29) is 0 Å². The topological polar surface area (TPSA) is 70.0 Å². The highest BCUT2D eigenvalue weighted by Crippen LogP contribution is 2.07. The van der Waals surface area contributed by atoms with E-state index in [1.165, 1.54) is 0 Å². The Hall–Kier alpha value is -1.37. The third-order valence-electron chi connectivity index (χ3n) is 1.69. The van der Waals surface area contributed by atoms with Gasteiger partial charge in [-0.25, -0.2) is 10.5 Å². The monoisotopic (exact) mass is 198 g/mol. The molecule has 0 atom stereocenters. The molecule has 1 aliphatic rings. The second-order valence-electron chi connectivity index (χ2n) is 2.72. The van der Waals surface area contributed by atoms with E-state index in [2.05, 4.69) is 33.1 Å². The molecule has 0 saturated carbocycles. The third kappa shape index (κ3) is 1.42. The van der Waals surface area contributed by atoms with Crippen LogP contribution in [0, 0.1) is 4.77 Å². The van der Waals surface area contributed by atoms with E-state index in [9.17, 15) is 0 Å². The van der Waals surface area contributed by atoms with Gasteiger partial charge in [-0.15, -0.1) is 5.10 Å². The molecule has 0 amide bonds. The molecule has 1 aromatic rings. The van der Waals surface area contributed by atoms with Gasteiger partial charge in [0.05, 0.1) is 0 Å². The number of anilines is 1. The van der Waals surface area contributed by atoms with Gasteiger partial charge in [-0.05, 0) is 18.6 Å². The normalized spacial score (nSPS) is 14.1. The molecule has 13 heavy (non-hydrogen) atoms. The molecule has 6 nitrogen and oxygen atoms in total. The van der Waals surface area contributed by atoms with Crippen molar-refractivity contribution in [2.45, 2.75) is 19.8 Å². The Morgan fingerprint density at radius 3 is 3.15 bits per heavy atom. The Labute approximate surface area is 80.0 Å². The van der Waals surface area contributed by atoms with Gasteiger partial charge in [0, 0.05) is 6.42 Å². The lowest BCUT2D eigenvalue weighted by Crippen LogP contribution is -2.29. The number of aromatic amines is 1. The van der Waals surface area contributed by atoms with Gasteiger partial charge in [-0.3, -0.25) is 5.43 Å². The zero-order valence-corrected chi connectivity index (χ0v) is 7.98. The van der Waals surface area contributed by atoms with Crippen LogP contribution in [-0.2, 0) is 0 Å². The number of rotatable bonds is 2. The number of nitrogens with zero attached hydrogens (tertiary/aromatic N) is 3. The van der Waals surface area contributed by atoms with E-state index >= 15 is 0 Å². The van der Waals surface area contributed by atoms with Crippen molar-refractivity contribution >= 4 is 24.0 Å². The number of amidine groups is 1. The molecule has 2 heterocycles. The lowest BCUT2D eigenvalue weighted by atomic mass is 10.3. The molecule has 1 aromatic heterocycles. The summed E-state index contributed by atoms with van der Waals surface area (Å²) in [5, 5.41) is 10.7.